The lowest BCUT2D eigenvalue weighted by atomic mass is 10.3. The van der Waals surface area contributed by atoms with Crippen molar-refractivity contribution in [3.63, 3.8) is 0 Å². The fraction of sp³-hybridized carbons (Fsp3) is 0.429. The van der Waals surface area contributed by atoms with Crippen LogP contribution in [0.25, 0.3) is 0 Å². The van der Waals surface area contributed by atoms with Crippen molar-refractivity contribution in [2.45, 2.75) is 6.92 Å². The lowest BCUT2D eigenvalue weighted by molar-refractivity contribution is -0.136. The zero-order valence-corrected chi connectivity index (χ0v) is 12.6. The van der Waals surface area contributed by atoms with Crippen LogP contribution in [-0.4, -0.2) is 49.6 Å². The van der Waals surface area contributed by atoms with E-state index in [9.17, 15) is 4.79 Å². The Hall–Kier alpha value is -1.79. The van der Waals surface area contributed by atoms with Crippen molar-refractivity contribution in [1.29, 1.82) is 0 Å². The van der Waals surface area contributed by atoms with Gasteiger partial charge in [-0.05, 0) is 19.1 Å². The number of esters is 1. The molecule has 2 rings (SSSR count). The van der Waals surface area contributed by atoms with E-state index in [4.69, 9.17) is 21.1 Å². The molecule has 1 fully saturated rings. The molecule has 0 amide bonds. The number of benzene rings is 1. The highest BCUT2D eigenvalue weighted by molar-refractivity contribution is 6.35. The minimum Gasteiger partial charge on any atom is -0.460 e. The van der Waals surface area contributed by atoms with Gasteiger partial charge in [-0.1, -0.05) is 23.7 Å². The van der Waals surface area contributed by atoms with E-state index in [-0.39, 0.29) is 5.84 Å². The van der Waals surface area contributed by atoms with Gasteiger partial charge in [0.1, 0.15) is 0 Å². The first kappa shape index (κ1) is 15.6. The highest BCUT2D eigenvalue weighted by Crippen LogP contribution is 2.20. The molecule has 0 radical (unpaired) electrons. The van der Waals surface area contributed by atoms with E-state index in [1.54, 1.807) is 19.1 Å². The average molecular weight is 312 g/mol. The van der Waals surface area contributed by atoms with Gasteiger partial charge in [-0.3, -0.25) is 5.43 Å². The zero-order chi connectivity index (χ0) is 15.1. The predicted octanol–water partition coefficient (Wildman–Crippen LogP) is 1.96. The number of ether oxygens (including phenoxy) is 2. The normalized spacial score (nSPS) is 15.7. The number of carbonyl (C=O) groups excluding carboxylic acids is 1. The summed E-state index contributed by atoms with van der Waals surface area (Å²) in [4.78, 5) is 13.9. The lowest BCUT2D eigenvalue weighted by Gasteiger charge is -2.28. The maximum atomic E-state index is 12.0. The molecule has 1 N–H and O–H groups in total. The molecule has 1 aliphatic heterocycles. The van der Waals surface area contributed by atoms with Gasteiger partial charge in [0.05, 0.1) is 30.5 Å². The Kier molecular flexibility index (Phi) is 5.83. The second-order valence-corrected chi connectivity index (χ2v) is 4.75. The second kappa shape index (κ2) is 7.85. The lowest BCUT2D eigenvalue weighted by Crippen LogP contribution is -2.45. The van der Waals surface area contributed by atoms with Crippen LogP contribution in [0, 0.1) is 0 Å². The number of nitrogens with zero attached hydrogens (tertiary/aromatic N) is 2. The Balaban J connectivity index is 2.15. The SMILES string of the molecule is CCOC(=O)C(=NNc1ccccc1Cl)N1CCOCC1. The van der Waals surface area contributed by atoms with Crippen molar-refractivity contribution < 1.29 is 14.3 Å². The average Bonchev–Trinajstić information content (AvgIpc) is 2.50. The van der Waals surface area contributed by atoms with E-state index in [0.29, 0.717) is 43.6 Å². The third kappa shape index (κ3) is 4.34. The minimum atomic E-state index is -0.459. The quantitative estimate of drug-likeness (QED) is 0.400. The van der Waals surface area contributed by atoms with Crippen LogP contribution in [0.2, 0.25) is 5.02 Å². The molecule has 0 aromatic heterocycles. The maximum absolute atomic E-state index is 12.0. The Morgan fingerprint density at radius 3 is 2.81 bits per heavy atom. The third-order valence-corrected chi connectivity index (χ3v) is 3.25. The van der Waals surface area contributed by atoms with Crippen LogP contribution < -0.4 is 5.43 Å². The zero-order valence-electron chi connectivity index (χ0n) is 11.8. The summed E-state index contributed by atoms with van der Waals surface area (Å²) in [6.45, 7) is 4.38. The monoisotopic (exact) mass is 311 g/mol. The highest BCUT2D eigenvalue weighted by atomic mass is 35.5. The van der Waals surface area contributed by atoms with Gasteiger partial charge in [0.2, 0.25) is 5.84 Å². The molecule has 0 bridgehead atoms. The van der Waals surface area contributed by atoms with Crippen molar-refractivity contribution in [2.24, 2.45) is 5.10 Å². The van der Waals surface area contributed by atoms with Gasteiger partial charge >= 0.3 is 5.97 Å². The van der Waals surface area contributed by atoms with E-state index in [0.717, 1.165) is 0 Å². The van der Waals surface area contributed by atoms with E-state index >= 15 is 0 Å². The Bertz CT molecular complexity index is 516. The number of carbonyl (C=O) groups is 1. The molecule has 6 nitrogen and oxygen atoms in total. The molecule has 1 heterocycles. The van der Waals surface area contributed by atoms with E-state index < -0.39 is 5.97 Å². The number of hydrazone groups is 1. The Labute approximate surface area is 128 Å². The van der Waals surface area contributed by atoms with Crippen molar-refractivity contribution in [2.75, 3.05) is 38.3 Å². The third-order valence-electron chi connectivity index (χ3n) is 2.92. The summed E-state index contributed by atoms with van der Waals surface area (Å²) in [6.07, 6.45) is 0. The topological polar surface area (TPSA) is 63.2 Å². The molecule has 0 unspecified atom stereocenters. The summed E-state index contributed by atoms with van der Waals surface area (Å²) in [5.41, 5.74) is 3.46. The maximum Gasteiger partial charge on any atom is 0.375 e. The Morgan fingerprint density at radius 2 is 2.14 bits per heavy atom. The van der Waals surface area contributed by atoms with Crippen LogP contribution in [0.15, 0.2) is 29.4 Å². The number of para-hydroxylation sites is 1. The van der Waals surface area contributed by atoms with Gasteiger partial charge in [-0.2, -0.15) is 0 Å². The van der Waals surface area contributed by atoms with Crippen LogP contribution in [-0.2, 0) is 14.3 Å². The smallest absolute Gasteiger partial charge is 0.375 e. The van der Waals surface area contributed by atoms with Crippen molar-refractivity contribution >= 4 is 29.1 Å². The molecular formula is C14H18ClN3O3. The number of anilines is 1. The van der Waals surface area contributed by atoms with E-state index in [2.05, 4.69) is 10.5 Å². The molecule has 114 valence electrons. The summed E-state index contributed by atoms with van der Waals surface area (Å²) in [6, 6.07) is 7.19. The van der Waals surface area contributed by atoms with E-state index in [1.807, 2.05) is 17.0 Å². The van der Waals surface area contributed by atoms with Gasteiger partial charge < -0.3 is 14.4 Å². The van der Waals surface area contributed by atoms with Gasteiger partial charge in [0.15, 0.2) is 0 Å². The summed E-state index contributed by atoms with van der Waals surface area (Å²) < 4.78 is 10.3. The molecule has 1 aromatic rings. The standard InChI is InChI=1S/C14H18ClN3O3/c1-2-21-14(19)13(18-7-9-20-10-8-18)17-16-12-6-4-3-5-11(12)15/h3-6,16H,2,7-10H2,1H3. The Morgan fingerprint density at radius 1 is 1.43 bits per heavy atom. The van der Waals surface area contributed by atoms with Crippen molar-refractivity contribution in [1.82, 2.24) is 4.90 Å². The number of hydrogen-bond acceptors (Lipinski definition) is 5. The van der Waals surface area contributed by atoms with Crippen molar-refractivity contribution in [3.05, 3.63) is 29.3 Å². The minimum absolute atomic E-state index is 0.236. The number of morpholine rings is 1. The molecule has 0 aliphatic carbocycles. The second-order valence-electron chi connectivity index (χ2n) is 4.35. The van der Waals surface area contributed by atoms with Gasteiger partial charge in [-0.25, -0.2) is 4.79 Å². The van der Waals surface area contributed by atoms with Crippen LogP contribution >= 0.6 is 11.6 Å². The van der Waals surface area contributed by atoms with Crippen LogP contribution in [0.1, 0.15) is 6.92 Å². The van der Waals surface area contributed by atoms with Crippen LogP contribution in [0.4, 0.5) is 5.69 Å². The summed E-state index contributed by atoms with van der Waals surface area (Å²) in [5, 5.41) is 4.71. The largest absolute Gasteiger partial charge is 0.460 e. The highest BCUT2D eigenvalue weighted by Gasteiger charge is 2.23. The molecule has 0 atom stereocenters. The van der Waals surface area contributed by atoms with Crippen LogP contribution in [0.5, 0.6) is 0 Å². The van der Waals surface area contributed by atoms with Gasteiger partial charge in [0.25, 0.3) is 0 Å². The first-order valence-electron chi connectivity index (χ1n) is 6.80. The van der Waals surface area contributed by atoms with Gasteiger partial charge in [0, 0.05) is 13.1 Å². The first-order chi connectivity index (χ1) is 10.2. The molecule has 1 saturated heterocycles. The van der Waals surface area contributed by atoms with E-state index in [1.165, 1.54) is 0 Å². The molecular weight excluding hydrogens is 294 g/mol. The predicted molar refractivity (Wildman–Crippen MR) is 81.5 cm³/mol. The molecule has 21 heavy (non-hydrogen) atoms. The van der Waals surface area contributed by atoms with Crippen LogP contribution in [0.3, 0.4) is 0 Å². The molecule has 0 saturated carbocycles. The molecule has 7 heteroatoms. The number of rotatable bonds is 3. The molecule has 0 spiro atoms. The van der Waals surface area contributed by atoms with Gasteiger partial charge in [-0.15, -0.1) is 5.10 Å². The summed E-state index contributed by atoms with van der Waals surface area (Å²) in [5.74, 6) is -0.223. The fourth-order valence-corrected chi connectivity index (χ4v) is 2.06. The summed E-state index contributed by atoms with van der Waals surface area (Å²) >= 11 is 6.05. The number of nitrogens with one attached hydrogen (secondary N) is 1. The number of halogens is 1. The molecule has 1 aliphatic rings. The molecule has 1 aromatic carbocycles. The first-order valence-corrected chi connectivity index (χ1v) is 7.18. The fourth-order valence-electron chi connectivity index (χ4n) is 1.88. The number of hydrogen-bond donors (Lipinski definition) is 1. The van der Waals surface area contributed by atoms with Crippen molar-refractivity contribution in [3.8, 4) is 0 Å². The number of amidine groups is 1. The summed E-state index contributed by atoms with van der Waals surface area (Å²) in [7, 11) is 0.